The van der Waals surface area contributed by atoms with Crippen molar-refractivity contribution in [3.63, 3.8) is 0 Å². The summed E-state index contributed by atoms with van der Waals surface area (Å²) in [6.07, 6.45) is 5.26. The Kier molecular flexibility index (Phi) is 2.77. The van der Waals surface area contributed by atoms with Crippen LogP contribution in [0.2, 0.25) is 0 Å². The predicted octanol–water partition coefficient (Wildman–Crippen LogP) is 2.40. The minimum Gasteiger partial charge on any atom is -0.496 e. The quantitative estimate of drug-likeness (QED) is 0.884. The Balaban J connectivity index is 1.92. The zero-order valence-corrected chi connectivity index (χ0v) is 10.7. The summed E-state index contributed by atoms with van der Waals surface area (Å²) in [5.41, 5.74) is 0.715. The third kappa shape index (κ3) is 1.78. The van der Waals surface area contributed by atoms with Gasteiger partial charge in [-0.05, 0) is 31.7 Å². The summed E-state index contributed by atoms with van der Waals surface area (Å²) < 4.78 is 5.42. The highest BCUT2D eigenvalue weighted by molar-refractivity contribution is 5.90. The number of benzene rings is 1. The number of hydrogen-bond donors (Lipinski definition) is 1. The predicted molar refractivity (Wildman–Crippen MR) is 69.7 cm³/mol. The number of carbonyl (C=O) groups excluding carboxylic acids is 1. The molecule has 2 saturated carbocycles. The number of para-hydroxylation sites is 1. The third-order valence-corrected chi connectivity index (χ3v) is 4.18. The molecule has 0 radical (unpaired) electrons. The van der Waals surface area contributed by atoms with Gasteiger partial charge in [-0.15, -0.1) is 0 Å². The average Bonchev–Trinajstić information content (AvgIpc) is 3.12. The lowest BCUT2D eigenvalue weighted by Gasteiger charge is -2.41. The van der Waals surface area contributed by atoms with Crippen molar-refractivity contribution in [2.24, 2.45) is 0 Å². The van der Waals surface area contributed by atoms with E-state index in [1.54, 1.807) is 7.11 Å². The number of carbonyl (C=O) groups is 1. The summed E-state index contributed by atoms with van der Waals surface area (Å²) in [5, 5.41) is 3.15. The molecule has 0 atom stereocenters. The van der Waals surface area contributed by atoms with Gasteiger partial charge in [0.15, 0.2) is 0 Å². The molecule has 2 aliphatic carbocycles. The fraction of sp³-hybridized carbons (Fsp3) is 0.533. The van der Waals surface area contributed by atoms with E-state index in [4.69, 9.17) is 4.74 Å². The van der Waals surface area contributed by atoms with Crippen molar-refractivity contribution >= 4 is 5.91 Å². The molecule has 0 saturated heterocycles. The molecular weight excluding hydrogens is 226 g/mol. The van der Waals surface area contributed by atoms with E-state index < -0.39 is 0 Å². The lowest BCUT2D eigenvalue weighted by molar-refractivity contribution is -0.130. The van der Waals surface area contributed by atoms with Crippen molar-refractivity contribution in [2.75, 3.05) is 7.11 Å². The Morgan fingerprint density at radius 1 is 1.33 bits per heavy atom. The molecule has 3 heteroatoms. The number of hydrogen-bond acceptors (Lipinski definition) is 2. The molecule has 3 rings (SSSR count). The molecule has 0 spiro atoms. The van der Waals surface area contributed by atoms with Gasteiger partial charge in [0.05, 0.1) is 12.5 Å². The van der Waals surface area contributed by atoms with Gasteiger partial charge in [0.25, 0.3) is 0 Å². The van der Waals surface area contributed by atoms with Gasteiger partial charge in [0.1, 0.15) is 5.75 Å². The molecule has 96 valence electrons. The maximum absolute atomic E-state index is 12.5. The summed E-state index contributed by atoms with van der Waals surface area (Å²) in [7, 11) is 1.67. The van der Waals surface area contributed by atoms with E-state index in [0.29, 0.717) is 6.04 Å². The van der Waals surface area contributed by atoms with Crippen LogP contribution in [0, 0.1) is 0 Å². The SMILES string of the molecule is COc1ccccc1C1(C(=O)NC2CC2)CCC1. The normalized spacial score (nSPS) is 20.9. The molecule has 0 heterocycles. The van der Waals surface area contributed by atoms with Gasteiger partial charge in [-0.1, -0.05) is 24.6 Å². The maximum atomic E-state index is 12.5. The number of ether oxygens (including phenoxy) is 1. The molecule has 18 heavy (non-hydrogen) atoms. The van der Waals surface area contributed by atoms with Gasteiger partial charge in [-0.25, -0.2) is 0 Å². The third-order valence-electron chi connectivity index (χ3n) is 4.18. The first-order chi connectivity index (χ1) is 8.76. The van der Waals surface area contributed by atoms with Gasteiger partial charge in [0, 0.05) is 11.6 Å². The fourth-order valence-electron chi connectivity index (χ4n) is 2.74. The smallest absolute Gasteiger partial charge is 0.231 e. The summed E-state index contributed by atoms with van der Waals surface area (Å²) in [5.74, 6) is 1.03. The number of rotatable bonds is 4. The first-order valence-electron chi connectivity index (χ1n) is 6.71. The van der Waals surface area contributed by atoms with Gasteiger partial charge >= 0.3 is 0 Å². The highest BCUT2D eigenvalue weighted by Gasteiger charge is 2.48. The zero-order chi connectivity index (χ0) is 12.6. The Bertz CT molecular complexity index is 461. The molecule has 1 amide bonds. The topological polar surface area (TPSA) is 38.3 Å². The van der Waals surface area contributed by atoms with Crippen LogP contribution in [0.3, 0.4) is 0 Å². The molecular formula is C15H19NO2. The van der Waals surface area contributed by atoms with E-state index in [9.17, 15) is 4.79 Å². The van der Waals surface area contributed by atoms with Gasteiger partial charge in [-0.3, -0.25) is 4.79 Å². The molecule has 1 aromatic rings. The van der Waals surface area contributed by atoms with Crippen LogP contribution in [0.25, 0.3) is 0 Å². The highest BCUT2D eigenvalue weighted by Crippen LogP contribution is 2.47. The molecule has 0 aliphatic heterocycles. The van der Waals surface area contributed by atoms with Crippen molar-refractivity contribution in [3.8, 4) is 5.75 Å². The molecule has 0 unspecified atom stereocenters. The molecule has 2 fully saturated rings. The van der Waals surface area contributed by atoms with Crippen LogP contribution >= 0.6 is 0 Å². The van der Waals surface area contributed by atoms with E-state index >= 15 is 0 Å². The van der Waals surface area contributed by atoms with Crippen molar-refractivity contribution in [2.45, 2.75) is 43.6 Å². The molecule has 0 aromatic heterocycles. The van der Waals surface area contributed by atoms with Gasteiger partial charge < -0.3 is 10.1 Å². The van der Waals surface area contributed by atoms with Crippen LogP contribution in [0.4, 0.5) is 0 Å². The van der Waals surface area contributed by atoms with Crippen LogP contribution < -0.4 is 10.1 Å². The Hall–Kier alpha value is -1.51. The van der Waals surface area contributed by atoms with Gasteiger partial charge in [0.2, 0.25) is 5.91 Å². The summed E-state index contributed by atoms with van der Waals surface area (Å²) in [6.45, 7) is 0. The van der Waals surface area contributed by atoms with Crippen LogP contribution in [0.15, 0.2) is 24.3 Å². The van der Waals surface area contributed by atoms with Crippen molar-refractivity contribution in [1.29, 1.82) is 0 Å². The zero-order valence-electron chi connectivity index (χ0n) is 10.7. The van der Waals surface area contributed by atoms with E-state index in [0.717, 1.165) is 43.4 Å². The maximum Gasteiger partial charge on any atom is 0.231 e. The Morgan fingerprint density at radius 2 is 2.06 bits per heavy atom. The lowest BCUT2D eigenvalue weighted by atomic mass is 9.63. The largest absolute Gasteiger partial charge is 0.496 e. The highest BCUT2D eigenvalue weighted by atomic mass is 16.5. The van der Waals surface area contributed by atoms with Crippen molar-refractivity contribution in [3.05, 3.63) is 29.8 Å². The van der Waals surface area contributed by atoms with Crippen molar-refractivity contribution < 1.29 is 9.53 Å². The monoisotopic (exact) mass is 245 g/mol. The molecule has 2 aliphatic rings. The number of amides is 1. The molecule has 3 nitrogen and oxygen atoms in total. The molecule has 1 N–H and O–H groups in total. The molecule has 1 aromatic carbocycles. The van der Waals surface area contributed by atoms with Crippen LogP contribution in [0.1, 0.15) is 37.7 Å². The van der Waals surface area contributed by atoms with E-state index in [2.05, 4.69) is 5.32 Å². The summed E-state index contributed by atoms with van der Waals surface area (Å²) in [4.78, 5) is 12.5. The fourth-order valence-corrected chi connectivity index (χ4v) is 2.74. The second kappa shape index (κ2) is 4.30. The number of nitrogens with one attached hydrogen (secondary N) is 1. The second-order valence-corrected chi connectivity index (χ2v) is 5.38. The minimum atomic E-state index is -0.338. The second-order valence-electron chi connectivity index (χ2n) is 5.38. The standard InChI is InChI=1S/C15H19NO2/c1-18-13-6-3-2-5-12(13)15(9-4-10-15)14(17)16-11-7-8-11/h2-3,5-6,11H,4,7-10H2,1H3,(H,16,17). The first kappa shape index (κ1) is 11.6. The van der Waals surface area contributed by atoms with E-state index in [-0.39, 0.29) is 11.3 Å². The Labute approximate surface area is 108 Å². The van der Waals surface area contributed by atoms with Crippen LogP contribution in [0.5, 0.6) is 5.75 Å². The van der Waals surface area contributed by atoms with E-state index in [1.165, 1.54) is 0 Å². The van der Waals surface area contributed by atoms with Gasteiger partial charge in [-0.2, -0.15) is 0 Å². The average molecular weight is 245 g/mol. The minimum absolute atomic E-state index is 0.195. The molecule has 0 bridgehead atoms. The van der Waals surface area contributed by atoms with E-state index in [1.807, 2.05) is 24.3 Å². The number of methoxy groups -OCH3 is 1. The van der Waals surface area contributed by atoms with Crippen LogP contribution in [-0.2, 0) is 10.2 Å². The summed E-state index contributed by atoms with van der Waals surface area (Å²) >= 11 is 0. The lowest BCUT2D eigenvalue weighted by Crippen LogP contribution is -2.50. The van der Waals surface area contributed by atoms with Crippen molar-refractivity contribution in [1.82, 2.24) is 5.32 Å². The summed E-state index contributed by atoms with van der Waals surface area (Å²) in [6, 6.07) is 8.34. The van der Waals surface area contributed by atoms with Crippen LogP contribution in [-0.4, -0.2) is 19.1 Å². The first-order valence-corrected chi connectivity index (χ1v) is 6.71. The Morgan fingerprint density at radius 3 is 2.61 bits per heavy atom.